The van der Waals surface area contributed by atoms with Crippen molar-refractivity contribution in [1.82, 2.24) is 9.38 Å². The highest BCUT2D eigenvalue weighted by molar-refractivity contribution is 7.99. The number of alkyl halides is 3. The van der Waals surface area contributed by atoms with Gasteiger partial charge in [-0.1, -0.05) is 23.9 Å². The molecule has 2 aromatic heterocycles. The van der Waals surface area contributed by atoms with E-state index in [0.717, 1.165) is 34.1 Å². The first kappa shape index (κ1) is 20.7. The fourth-order valence-electron chi connectivity index (χ4n) is 3.21. The van der Waals surface area contributed by atoms with Crippen LogP contribution in [-0.4, -0.2) is 31.9 Å². The number of rotatable bonds is 6. The molecule has 0 aliphatic carbocycles. The molecular formula is C20H16F3N3O2S2. The number of fused-ring (bicyclic) bond motifs is 1. The van der Waals surface area contributed by atoms with Crippen LogP contribution in [0.25, 0.3) is 4.96 Å². The summed E-state index contributed by atoms with van der Waals surface area (Å²) in [5.41, 5.74) is 3.23. The normalized spacial score (nSPS) is 14.6. The first-order chi connectivity index (χ1) is 14.2. The van der Waals surface area contributed by atoms with Crippen molar-refractivity contribution in [2.24, 2.45) is 4.99 Å². The van der Waals surface area contributed by atoms with Crippen molar-refractivity contribution in [2.75, 3.05) is 5.75 Å². The summed E-state index contributed by atoms with van der Waals surface area (Å²) in [5.74, 6) is -0.342. The zero-order valence-corrected chi connectivity index (χ0v) is 17.4. The van der Waals surface area contributed by atoms with E-state index in [1.54, 1.807) is 10.6 Å². The molecule has 10 heteroatoms. The van der Waals surface area contributed by atoms with Crippen LogP contribution < -0.4 is 0 Å². The maximum Gasteiger partial charge on any atom is 0.416 e. The molecule has 1 aliphatic rings. The van der Waals surface area contributed by atoms with E-state index in [2.05, 4.69) is 9.98 Å². The Balaban J connectivity index is 1.46. The standard InChI is InChI=1S/C20H16F3N3O2S2/c1-11-13(8-15(24-11)12-2-4-14(5-3-12)20(21,22)23)10-30-18-16(9-17(27)28)26-6-7-29-19(26)25-18/h2-7H,8-10H2,1H3,(H,27,28). The second-order valence-corrected chi connectivity index (χ2v) is 8.61. The summed E-state index contributed by atoms with van der Waals surface area (Å²) in [5, 5.41) is 11.7. The molecule has 30 heavy (non-hydrogen) atoms. The van der Waals surface area contributed by atoms with Crippen molar-refractivity contribution in [3.63, 3.8) is 0 Å². The Morgan fingerprint density at radius 3 is 2.70 bits per heavy atom. The summed E-state index contributed by atoms with van der Waals surface area (Å²) in [7, 11) is 0. The maximum atomic E-state index is 12.8. The molecule has 156 valence electrons. The highest BCUT2D eigenvalue weighted by atomic mass is 32.2. The summed E-state index contributed by atoms with van der Waals surface area (Å²) in [6.45, 7) is 1.87. The molecule has 0 saturated heterocycles. The molecule has 1 aromatic carbocycles. The number of carbonyl (C=O) groups is 1. The number of hydrogen-bond donors (Lipinski definition) is 1. The van der Waals surface area contributed by atoms with E-state index in [4.69, 9.17) is 0 Å². The van der Waals surface area contributed by atoms with Gasteiger partial charge in [0.25, 0.3) is 0 Å². The predicted molar refractivity (Wildman–Crippen MR) is 110 cm³/mol. The van der Waals surface area contributed by atoms with Gasteiger partial charge in [0.15, 0.2) is 4.96 Å². The van der Waals surface area contributed by atoms with Gasteiger partial charge in [-0.2, -0.15) is 13.2 Å². The molecule has 0 spiro atoms. The van der Waals surface area contributed by atoms with Crippen LogP contribution in [0.2, 0.25) is 0 Å². The first-order valence-corrected chi connectivity index (χ1v) is 10.8. The number of carboxylic acids is 1. The first-order valence-electron chi connectivity index (χ1n) is 8.95. The topological polar surface area (TPSA) is 67.0 Å². The van der Waals surface area contributed by atoms with Crippen LogP contribution >= 0.6 is 23.1 Å². The summed E-state index contributed by atoms with van der Waals surface area (Å²) in [6.07, 6.45) is -2.13. The lowest BCUT2D eigenvalue weighted by atomic mass is 10.0. The van der Waals surface area contributed by atoms with E-state index in [1.807, 2.05) is 12.3 Å². The van der Waals surface area contributed by atoms with E-state index >= 15 is 0 Å². The summed E-state index contributed by atoms with van der Waals surface area (Å²) in [6, 6.07) is 5.02. The van der Waals surface area contributed by atoms with Gasteiger partial charge in [-0.25, -0.2) is 4.98 Å². The van der Waals surface area contributed by atoms with Crippen molar-refractivity contribution in [1.29, 1.82) is 0 Å². The minimum atomic E-state index is -4.36. The third-order valence-corrected chi connectivity index (χ3v) is 6.62. The van der Waals surface area contributed by atoms with Crippen molar-refractivity contribution in [3.05, 3.63) is 63.9 Å². The van der Waals surface area contributed by atoms with Crippen molar-refractivity contribution in [2.45, 2.75) is 31.0 Å². The molecule has 3 aromatic rings. The Hall–Kier alpha value is -2.59. The number of benzene rings is 1. The summed E-state index contributed by atoms with van der Waals surface area (Å²) >= 11 is 2.89. The number of halogens is 3. The minimum Gasteiger partial charge on any atom is -0.481 e. The largest absolute Gasteiger partial charge is 0.481 e. The van der Waals surface area contributed by atoms with Crippen molar-refractivity contribution < 1.29 is 23.1 Å². The predicted octanol–water partition coefficient (Wildman–Crippen LogP) is 5.30. The highest BCUT2D eigenvalue weighted by Gasteiger charge is 2.30. The van der Waals surface area contributed by atoms with Crippen molar-refractivity contribution >= 4 is 39.7 Å². The van der Waals surface area contributed by atoms with Crippen LogP contribution in [0.5, 0.6) is 0 Å². The Morgan fingerprint density at radius 2 is 2.03 bits per heavy atom. The number of allylic oxidation sites excluding steroid dienone is 1. The van der Waals surface area contributed by atoms with Crippen LogP contribution in [-0.2, 0) is 17.4 Å². The molecule has 1 N–H and O–H groups in total. The number of thiazole rings is 1. The molecular weight excluding hydrogens is 435 g/mol. The van der Waals surface area contributed by atoms with E-state index in [1.165, 1.54) is 35.2 Å². The second kappa shape index (κ2) is 7.92. The zero-order chi connectivity index (χ0) is 21.5. The van der Waals surface area contributed by atoms with Crippen LogP contribution in [0.1, 0.15) is 30.2 Å². The maximum absolute atomic E-state index is 12.8. The monoisotopic (exact) mass is 451 g/mol. The summed E-state index contributed by atoms with van der Waals surface area (Å²) in [4.78, 5) is 21.0. The summed E-state index contributed by atoms with van der Waals surface area (Å²) < 4.78 is 40.1. The molecule has 5 nitrogen and oxygen atoms in total. The molecule has 0 unspecified atom stereocenters. The van der Waals surface area contributed by atoms with Gasteiger partial charge in [0.05, 0.1) is 23.4 Å². The van der Waals surface area contributed by atoms with Crippen LogP contribution in [0.3, 0.4) is 0 Å². The van der Waals surface area contributed by atoms with Gasteiger partial charge in [0.2, 0.25) is 0 Å². The molecule has 3 heterocycles. The second-order valence-electron chi connectivity index (χ2n) is 6.78. The molecule has 1 aliphatic heterocycles. The number of hydrogen-bond acceptors (Lipinski definition) is 5. The number of aliphatic imine (C=N–C) groups is 1. The van der Waals surface area contributed by atoms with Crippen LogP contribution in [0.15, 0.2) is 57.1 Å². The third-order valence-electron chi connectivity index (χ3n) is 4.77. The van der Waals surface area contributed by atoms with Crippen LogP contribution in [0.4, 0.5) is 13.2 Å². The quantitative estimate of drug-likeness (QED) is 0.517. The molecule has 0 saturated carbocycles. The zero-order valence-electron chi connectivity index (χ0n) is 15.7. The van der Waals surface area contributed by atoms with Gasteiger partial charge < -0.3 is 5.11 Å². The smallest absolute Gasteiger partial charge is 0.416 e. The number of imidazole rings is 1. The lowest BCUT2D eigenvalue weighted by Gasteiger charge is -2.08. The molecule has 0 bridgehead atoms. The Kier molecular flexibility index (Phi) is 5.46. The van der Waals surface area contributed by atoms with Gasteiger partial charge in [-0.15, -0.1) is 11.3 Å². The van der Waals surface area contributed by atoms with Gasteiger partial charge in [0.1, 0.15) is 5.03 Å². The molecule has 4 rings (SSSR count). The molecule has 0 atom stereocenters. The van der Waals surface area contributed by atoms with E-state index in [9.17, 15) is 23.1 Å². The number of thioether (sulfide) groups is 1. The Labute approximate surface area is 178 Å². The number of nitrogens with zero attached hydrogens (tertiary/aromatic N) is 3. The minimum absolute atomic E-state index is 0.119. The van der Waals surface area contributed by atoms with E-state index < -0.39 is 17.7 Å². The van der Waals surface area contributed by atoms with Gasteiger partial charge >= 0.3 is 12.1 Å². The molecule has 0 amide bonds. The average molecular weight is 451 g/mol. The fourth-order valence-corrected chi connectivity index (χ4v) is 5.11. The Bertz CT molecular complexity index is 1170. The molecule has 0 fully saturated rings. The number of aliphatic carboxylic acids is 1. The van der Waals surface area contributed by atoms with Crippen molar-refractivity contribution in [3.8, 4) is 0 Å². The average Bonchev–Trinajstić information content (AvgIpc) is 3.36. The van der Waals surface area contributed by atoms with Gasteiger partial charge in [0, 0.05) is 29.4 Å². The lowest BCUT2D eigenvalue weighted by Crippen LogP contribution is -2.06. The van der Waals surface area contributed by atoms with Gasteiger partial charge in [-0.3, -0.25) is 14.2 Å². The lowest BCUT2D eigenvalue weighted by molar-refractivity contribution is -0.138. The molecule has 0 radical (unpaired) electrons. The number of carboxylic acid groups (broad SMARTS) is 1. The van der Waals surface area contributed by atoms with Crippen LogP contribution in [0, 0.1) is 0 Å². The fraction of sp³-hybridized carbons (Fsp3) is 0.250. The van der Waals surface area contributed by atoms with E-state index in [0.29, 0.717) is 28.5 Å². The third kappa shape index (κ3) is 4.15. The SMILES string of the molecule is CC1=C(CSc2nc3sccn3c2CC(=O)O)CC(c2ccc(C(F)(F)F)cc2)=N1. The van der Waals surface area contributed by atoms with Gasteiger partial charge in [-0.05, 0) is 30.2 Å². The Morgan fingerprint density at radius 1 is 1.30 bits per heavy atom. The highest BCUT2D eigenvalue weighted by Crippen LogP contribution is 2.33. The number of aromatic nitrogens is 2. The van der Waals surface area contributed by atoms with E-state index in [-0.39, 0.29) is 6.42 Å².